The molecule has 0 radical (unpaired) electrons. The number of nitrogens with zero attached hydrogens (tertiary/aromatic N) is 2. The van der Waals surface area contributed by atoms with Gasteiger partial charge in [-0.3, -0.25) is 0 Å². The molecular formula is C15H25N3S. The smallest absolute Gasteiger partial charge is 0.133 e. The molecule has 1 aromatic heterocycles. The lowest BCUT2D eigenvalue weighted by Gasteiger charge is -2.18. The number of rotatable bonds is 5. The SMILES string of the molecule is CCN(CC)CCc1nc(=S)c2c([nH]1)CCCCC2. The highest BCUT2D eigenvalue weighted by Crippen LogP contribution is 2.19. The zero-order chi connectivity index (χ0) is 13.7. The fraction of sp³-hybridized carbons (Fsp3) is 0.733. The molecule has 1 aliphatic rings. The Morgan fingerprint density at radius 3 is 2.63 bits per heavy atom. The van der Waals surface area contributed by atoms with Crippen LogP contribution in [0.1, 0.15) is 50.2 Å². The van der Waals surface area contributed by atoms with Crippen molar-refractivity contribution in [1.29, 1.82) is 0 Å². The fourth-order valence-corrected chi connectivity index (χ4v) is 3.11. The van der Waals surface area contributed by atoms with E-state index in [0.29, 0.717) is 0 Å². The Morgan fingerprint density at radius 2 is 1.89 bits per heavy atom. The number of nitrogens with one attached hydrogen (secondary N) is 1. The zero-order valence-corrected chi connectivity index (χ0v) is 13.0. The molecule has 3 nitrogen and oxygen atoms in total. The molecule has 0 saturated heterocycles. The summed E-state index contributed by atoms with van der Waals surface area (Å²) in [6.45, 7) is 7.67. The van der Waals surface area contributed by atoms with Crippen LogP contribution in [0.3, 0.4) is 0 Å². The van der Waals surface area contributed by atoms with Gasteiger partial charge in [0.15, 0.2) is 0 Å². The number of hydrogen-bond acceptors (Lipinski definition) is 3. The van der Waals surface area contributed by atoms with Crippen LogP contribution < -0.4 is 0 Å². The third-order valence-corrected chi connectivity index (χ3v) is 4.40. The van der Waals surface area contributed by atoms with Crippen molar-refractivity contribution in [1.82, 2.24) is 14.9 Å². The summed E-state index contributed by atoms with van der Waals surface area (Å²) in [5, 5.41) is 0. The van der Waals surface area contributed by atoms with Crippen LogP contribution >= 0.6 is 12.2 Å². The van der Waals surface area contributed by atoms with Crippen LogP contribution in [0.4, 0.5) is 0 Å². The minimum atomic E-state index is 0.838. The molecule has 0 saturated carbocycles. The van der Waals surface area contributed by atoms with Gasteiger partial charge in [-0.25, -0.2) is 4.98 Å². The van der Waals surface area contributed by atoms with Crippen molar-refractivity contribution in [2.24, 2.45) is 0 Å². The first-order valence-electron chi connectivity index (χ1n) is 7.57. The number of aromatic amines is 1. The van der Waals surface area contributed by atoms with Gasteiger partial charge in [0.2, 0.25) is 0 Å². The number of likely N-dealkylation sites (N-methyl/N-ethyl adjacent to an activating group) is 1. The predicted octanol–water partition coefficient (Wildman–Crippen LogP) is 3.29. The molecule has 0 atom stereocenters. The number of aryl methyl sites for hydroxylation is 1. The van der Waals surface area contributed by atoms with E-state index in [2.05, 4.69) is 28.7 Å². The van der Waals surface area contributed by atoms with Gasteiger partial charge in [0.1, 0.15) is 10.5 Å². The Bertz CT molecular complexity index is 463. The first kappa shape index (κ1) is 14.7. The van der Waals surface area contributed by atoms with Gasteiger partial charge >= 0.3 is 0 Å². The van der Waals surface area contributed by atoms with Crippen molar-refractivity contribution in [3.8, 4) is 0 Å². The van der Waals surface area contributed by atoms with Gasteiger partial charge in [0, 0.05) is 24.2 Å². The molecule has 106 valence electrons. The summed E-state index contributed by atoms with van der Waals surface area (Å²) in [6.07, 6.45) is 7.06. The summed E-state index contributed by atoms with van der Waals surface area (Å²) in [6, 6.07) is 0. The minimum absolute atomic E-state index is 0.838. The summed E-state index contributed by atoms with van der Waals surface area (Å²) < 4.78 is 0.838. The highest BCUT2D eigenvalue weighted by molar-refractivity contribution is 7.71. The maximum absolute atomic E-state index is 5.48. The van der Waals surface area contributed by atoms with Gasteiger partial charge in [0.25, 0.3) is 0 Å². The van der Waals surface area contributed by atoms with E-state index in [1.165, 1.54) is 30.5 Å². The largest absolute Gasteiger partial charge is 0.347 e. The Hall–Kier alpha value is -0.740. The first-order chi connectivity index (χ1) is 9.24. The van der Waals surface area contributed by atoms with E-state index in [1.54, 1.807) is 0 Å². The van der Waals surface area contributed by atoms with E-state index in [-0.39, 0.29) is 0 Å². The number of fused-ring (bicyclic) bond motifs is 1. The number of aromatic nitrogens is 2. The van der Waals surface area contributed by atoms with Crippen LogP contribution in [0.25, 0.3) is 0 Å². The Morgan fingerprint density at radius 1 is 1.16 bits per heavy atom. The average Bonchev–Trinajstić information content (AvgIpc) is 2.65. The highest BCUT2D eigenvalue weighted by atomic mass is 32.1. The van der Waals surface area contributed by atoms with Crippen LogP contribution in [0, 0.1) is 4.64 Å². The van der Waals surface area contributed by atoms with Gasteiger partial charge in [-0.2, -0.15) is 0 Å². The summed E-state index contributed by atoms with van der Waals surface area (Å²) in [5.74, 6) is 1.07. The highest BCUT2D eigenvalue weighted by Gasteiger charge is 2.12. The van der Waals surface area contributed by atoms with E-state index >= 15 is 0 Å². The summed E-state index contributed by atoms with van der Waals surface area (Å²) in [5.41, 5.74) is 2.66. The molecule has 1 aromatic rings. The molecule has 4 heteroatoms. The van der Waals surface area contributed by atoms with Gasteiger partial charge < -0.3 is 9.88 Å². The second-order valence-electron chi connectivity index (χ2n) is 5.28. The van der Waals surface area contributed by atoms with Gasteiger partial charge in [-0.1, -0.05) is 32.5 Å². The van der Waals surface area contributed by atoms with Crippen molar-refractivity contribution in [3.05, 3.63) is 21.7 Å². The molecule has 0 aliphatic heterocycles. The van der Waals surface area contributed by atoms with Gasteiger partial charge in [-0.05, 0) is 38.8 Å². The van der Waals surface area contributed by atoms with Crippen LogP contribution in [0.5, 0.6) is 0 Å². The molecule has 0 bridgehead atoms. The normalized spacial score (nSPS) is 15.3. The lowest BCUT2D eigenvalue weighted by Crippen LogP contribution is -2.26. The van der Waals surface area contributed by atoms with Gasteiger partial charge in [0.05, 0.1) is 0 Å². The van der Waals surface area contributed by atoms with Crippen LogP contribution in [-0.2, 0) is 19.3 Å². The minimum Gasteiger partial charge on any atom is -0.347 e. The number of H-pyrrole nitrogens is 1. The summed E-state index contributed by atoms with van der Waals surface area (Å²) in [4.78, 5) is 10.6. The molecule has 2 rings (SSSR count). The van der Waals surface area contributed by atoms with E-state index < -0.39 is 0 Å². The molecule has 1 aliphatic carbocycles. The fourth-order valence-electron chi connectivity index (χ4n) is 2.77. The Kier molecular flexibility index (Phi) is 5.52. The summed E-state index contributed by atoms with van der Waals surface area (Å²) >= 11 is 5.48. The predicted molar refractivity (Wildman–Crippen MR) is 82.2 cm³/mol. The number of hydrogen-bond donors (Lipinski definition) is 1. The molecule has 0 aromatic carbocycles. The Labute approximate surface area is 121 Å². The zero-order valence-electron chi connectivity index (χ0n) is 12.2. The topological polar surface area (TPSA) is 31.9 Å². The average molecular weight is 279 g/mol. The molecular weight excluding hydrogens is 254 g/mol. The lowest BCUT2D eigenvalue weighted by molar-refractivity contribution is 0.305. The molecule has 0 fully saturated rings. The molecule has 1 N–H and O–H groups in total. The standard InChI is InChI=1S/C15H25N3S/c1-3-18(4-2)11-10-14-16-13-9-7-5-6-8-12(13)15(19)17-14/h3-11H2,1-2H3,(H,16,17,19). The quantitative estimate of drug-likeness (QED) is 0.663. The van der Waals surface area contributed by atoms with E-state index in [0.717, 1.165) is 49.4 Å². The van der Waals surface area contributed by atoms with Crippen molar-refractivity contribution < 1.29 is 0 Å². The molecule has 0 amide bonds. The van der Waals surface area contributed by atoms with Gasteiger partial charge in [-0.15, -0.1) is 0 Å². The van der Waals surface area contributed by atoms with E-state index in [4.69, 9.17) is 12.2 Å². The second-order valence-corrected chi connectivity index (χ2v) is 5.67. The molecule has 0 unspecified atom stereocenters. The maximum Gasteiger partial charge on any atom is 0.133 e. The molecule has 1 heterocycles. The van der Waals surface area contributed by atoms with Crippen molar-refractivity contribution in [3.63, 3.8) is 0 Å². The first-order valence-corrected chi connectivity index (χ1v) is 7.98. The molecule has 19 heavy (non-hydrogen) atoms. The molecule has 0 spiro atoms. The monoisotopic (exact) mass is 279 g/mol. The summed E-state index contributed by atoms with van der Waals surface area (Å²) in [7, 11) is 0. The van der Waals surface area contributed by atoms with Crippen LogP contribution in [0.2, 0.25) is 0 Å². The van der Waals surface area contributed by atoms with Crippen LogP contribution in [-0.4, -0.2) is 34.5 Å². The van der Waals surface area contributed by atoms with Crippen molar-refractivity contribution in [2.75, 3.05) is 19.6 Å². The lowest BCUT2D eigenvalue weighted by atomic mass is 10.1. The van der Waals surface area contributed by atoms with Crippen molar-refractivity contribution >= 4 is 12.2 Å². The van der Waals surface area contributed by atoms with Crippen molar-refractivity contribution in [2.45, 2.75) is 52.4 Å². The van der Waals surface area contributed by atoms with Crippen LogP contribution in [0.15, 0.2) is 0 Å². The third kappa shape index (κ3) is 3.86. The third-order valence-electron chi connectivity index (χ3n) is 4.07. The maximum atomic E-state index is 5.48. The Balaban J connectivity index is 2.12. The van der Waals surface area contributed by atoms with E-state index in [1.807, 2.05) is 0 Å². The second kappa shape index (κ2) is 7.15. The van der Waals surface area contributed by atoms with E-state index in [9.17, 15) is 0 Å².